The summed E-state index contributed by atoms with van der Waals surface area (Å²) in [6.45, 7) is 9.89. The van der Waals surface area contributed by atoms with Crippen molar-refractivity contribution in [3.8, 4) is 0 Å². The van der Waals surface area contributed by atoms with Crippen LogP contribution in [0.25, 0.3) is 0 Å². The largest absolute Gasteiger partial charge is 0.481 e. The highest BCUT2D eigenvalue weighted by Crippen LogP contribution is 2.52. The lowest BCUT2D eigenvalue weighted by Crippen LogP contribution is -2.52. The van der Waals surface area contributed by atoms with Crippen LogP contribution in [0.2, 0.25) is 0 Å². The number of nitrogens with zero attached hydrogens (tertiary/aromatic N) is 1. The maximum atomic E-state index is 13.3. The van der Waals surface area contributed by atoms with E-state index in [1.807, 2.05) is 51.1 Å². The highest BCUT2D eigenvalue weighted by molar-refractivity contribution is 8.01. The Morgan fingerprint density at radius 1 is 1.23 bits per heavy atom. The van der Waals surface area contributed by atoms with Gasteiger partial charge in [-0.15, -0.1) is 11.8 Å². The number of thioether (sulfide) groups is 1. The summed E-state index contributed by atoms with van der Waals surface area (Å²) >= 11 is 1.67. The number of carboxylic acids is 1. The number of aliphatic hydroxyl groups excluding tert-OH is 2. The predicted molar refractivity (Wildman–Crippen MR) is 123 cm³/mol. The summed E-state index contributed by atoms with van der Waals surface area (Å²) in [5.74, 6) is -1.12. The molecule has 1 fully saturated rings. The van der Waals surface area contributed by atoms with E-state index >= 15 is 0 Å². The molecule has 0 spiro atoms. The molecule has 1 aliphatic heterocycles. The molecule has 1 unspecified atom stereocenters. The number of carboxylic acid groups (broad SMARTS) is 1. The maximum Gasteiger partial charge on any atom is 0.319 e. The zero-order valence-electron chi connectivity index (χ0n) is 18.8. The molecule has 1 aromatic carbocycles. The summed E-state index contributed by atoms with van der Waals surface area (Å²) in [6.07, 6.45) is 0.670. The van der Waals surface area contributed by atoms with E-state index in [1.165, 1.54) is 0 Å². The lowest BCUT2D eigenvalue weighted by molar-refractivity contribution is -0.139. The molecule has 0 aromatic heterocycles. The van der Waals surface area contributed by atoms with Crippen LogP contribution in [0, 0.1) is 0 Å². The van der Waals surface area contributed by atoms with Crippen LogP contribution in [0.4, 0.5) is 4.79 Å². The van der Waals surface area contributed by atoms with Crippen molar-refractivity contribution >= 4 is 23.8 Å². The van der Waals surface area contributed by atoms with Gasteiger partial charge in [0.2, 0.25) is 0 Å². The zero-order valence-corrected chi connectivity index (χ0v) is 19.6. The van der Waals surface area contributed by atoms with Crippen LogP contribution in [-0.2, 0) is 4.79 Å². The van der Waals surface area contributed by atoms with E-state index < -0.39 is 30.1 Å². The average molecular weight is 451 g/mol. The van der Waals surface area contributed by atoms with E-state index in [2.05, 4.69) is 19.2 Å². The first-order chi connectivity index (χ1) is 14.3. The minimum Gasteiger partial charge on any atom is -0.481 e. The van der Waals surface area contributed by atoms with Gasteiger partial charge in [-0.2, -0.15) is 0 Å². The van der Waals surface area contributed by atoms with E-state index in [9.17, 15) is 19.8 Å². The number of hydrogen-bond acceptors (Lipinski definition) is 5. The van der Waals surface area contributed by atoms with Gasteiger partial charge in [0.25, 0.3) is 0 Å². The van der Waals surface area contributed by atoms with E-state index in [1.54, 1.807) is 28.8 Å². The Hall–Kier alpha value is -2.03. The second-order valence-electron chi connectivity index (χ2n) is 9.46. The normalized spacial score (nSPS) is 23.0. The van der Waals surface area contributed by atoms with Gasteiger partial charge in [0.05, 0.1) is 24.7 Å². The Labute approximate surface area is 188 Å². The number of carbonyl (C=O) groups is 2. The fourth-order valence-corrected chi connectivity index (χ4v) is 5.10. The van der Waals surface area contributed by atoms with Gasteiger partial charge in [0, 0.05) is 16.7 Å². The van der Waals surface area contributed by atoms with Gasteiger partial charge < -0.3 is 25.5 Å². The molecule has 31 heavy (non-hydrogen) atoms. The molecule has 2 amide bonds. The maximum absolute atomic E-state index is 13.3. The number of urea groups is 1. The summed E-state index contributed by atoms with van der Waals surface area (Å²) in [4.78, 5) is 25.8. The smallest absolute Gasteiger partial charge is 0.319 e. The second-order valence-corrected chi connectivity index (χ2v) is 11.2. The van der Waals surface area contributed by atoms with Crippen LogP contribution in [0.15, 0.2) is 42.5 Å². The van der Waals surface area contributed by atoms with Gasteiger partial charge in [0.15, 0.2) is 0 Å². The molecule has 0 radical (unpaired) electrons. The monoisotopic (exact) mass is 450 g/mol. The summed E-state index contributed by atoms with van der Waals surface area (Å²) < 4.78 is -0.342. The first-order valence-corrected chi connectivity index (χ1v) is 11.3. The molecule has 1 aromatic rings. The van der Waals surface area contributed by atoms with Gasteiger partial charge in [-0.25, -0.2) is 4.79 Å². The highest BCUT2D eigenvalue weighted by Gasteiger charge is 2.49. The molecule has 1 aliphatic rings. The van der Waals surface area contributed by atoms with Crippen LogP contribution < -0.4 is 5.32 Å². The molecule has 8 heteroatoms. The lowest BCUT2D eigenvalue weighted by Gasteiger charge is -2.34. The van der Waals surface area contributed by atoms with Crippen LogP contribution in [-0.4, -0.2) is 60.8 Å². The highest BCUT2D eigenvalue weighted by atomic mass is 32.2. The fraction of sp³-hybridized carbons (Fsp3) is 0.565. The van der Waals surface area contributed by atoms with Gasteiger partial charge in [0.1, 0.15) is 5.37 Å². The van der Waals surface area contributed by atoms with Gasteiger partial charge in [-0.3, -0.25) is 4.79 Å². The van der Waals surface area contributed by atoms with Crippen molar-refractivity contribution in [3.63, 3.8) is 0 Å². The second kappa shape index (κ2) is 10.1. The standard InChI is InChI=1S/C23H34N2O5S/c1-22(2,3)24-21(30)25-18(12-11-16(26)13-17(27)14-19(28)29)23(4,5)31-20(25)15-9-7-6-8-10-15/h6-12,16-18,20,26-27H,13-14H2,1-5H3,(H,24,30)(H,28,29)/t16-,17+,18+,20?/m1/s1. The molecule has 0 saturated carbocycles. The number of amides is 2. The number of nitrogens with one attached hydrogen (secondary N) is 1. The van der Waals surface area contributed by atoms with E-state index in [0.717, 1.165) is 5.56 Å². The summed E-state index contributed by atoms with van der Waals surface area (Å²) in [5, 5.41) is 31.7. The van der Waals surface area contributed by atoms with E-state index in [4.69, 9.17) is 5.11 Å². The van der Waals surface area contributed by atoms with Crippen molar-refractivity contribution in [1.29, 1.82) is 0 Å². The van der Waals surface area contributed by atoms with Gasteiger partial charge >= 0.3 is 12.0 Å². The van der Waals surface area contributed by atoms with Gasteiger partial charge in [-0.1, -0.05) is 42.5 Å². The van der Waals surface area contributed by atoms with E-state index in [0.29, 0.717) is 0 Å². The average Bonchev–Trinajstić information content (AvgIpc) is 2.89. The topological polar surface area (TPSA) is 110 Å². The van der Waals surface area contributed by atoms with Crippen molar-refractivity contribution in [3.05, 3.63) is 48.0 Å². The van der Waals surface area contributed by atoms with Crippen LogP contribution in [0.1, 0.15) is 58.4 Å². The van der Waals surface area contributed by atoms with E-state index in [-0.39, 0.29) is 28.6 Å². The van der Waals surface area contributed by atoms with Crippen molar-refractivity contribution < 1.29 is 24.9 Å². The molecular formula is C23H34N2O5S. The Bertz CT molecular complexity index is 791. The number of rotatable bonds is 7. The molecule has 1 saturated heterocycles. The molecule has 2 rings (SSSR count). The Balaban J connectivity index is 2.30. The van der Waals surface area contributed by atoms with Crippen molar-refractivity contribution in [2.24, 2.45) is 0 Å². The Morgan fingerprint density at radius 3 is 2.39 bits per heavy atom. The molecule has 0 bridgehead atoms. The molecule has 7 nitrogen and oxygen atoms in total. The van der Waals surface area contributed by atoms with Crippen molar-refractivity contribution in [2.75, 3.05) is 0 Å². The lowest BCUT2D eigenvalue weighted by atomic mass is 9.98. The first kappa shape index (κ1) is 25.2. The third kappa shape index (κ3) is 7.26. The molecule has 4 atom stereocenters. The SMILES string of the molecule is CC(C)(C)NC(=O)N1C(c2ccccc2)SC(C)(C)[C@@H]1C=C[C@@H](O)C[C@H](O)CC(=O)O. The summed E-state index contributed by atoms with van der Waals surface area (Å²) in [6, 6.07) is 9.29. The molecule has 4 N–H and O–H groups in total. The summed E-state index contributed by atoms with van der Waals surface area (Å²) in [7, 11) is 0. The third-order valence-electron chi connectivity index (χ3n) is 4.92. The number of carbonyl (C=O) groups excluding carboxylic acids is 1. The minimum absolute atomic E-state index is 0.0839. The first-order valence-electron chi connectivity index (χ1n) is 10.4. The van der Waals surface area contributed by atoms with Gasteiger partial charge in [-0.05, 0) is 40.2 Å². The van der Waals surface area contributed by atoms with Crippen molar-refractivity contribution in [1.82, 2.24) is 10.2 Å². The van der Waals surface area contributed by atoms with Crippen LogP contribution in [0.5, 0.6) is 0 Å². The van der Waals surface area contributed by atoms with Crippen LogP contribution >= 0.6 is 11.8 Å². The molecular weight excluding hydrogens is 416 g/mol. The van der Waals surface area contributed by atoms with Crippen LogP contribution in [0.3, 0.4) is 0 Å². The third-order valence-corrected chi connectivity index (χ3v) is 6.49. The summed E-state index contributed by atoms with van der Waals surface area (Å²) in [5.41, 5.74) is 0.600. The Morgan fingerprint density at radius 2 is 1.84 bits per heavy atom. The molecule has 1 heterocycles. The fourth-order valence-electron chi connectivity index (χ4n) is 3.56. The van der Waals surface area contributed by atoms with Crippen molar-refractivity contribution in [2.45, 2.75) is 81.4 Å². The zero-order chi connectivity index (χ0) is 23.4. The predicted octanol–water partition coefficient (Wildman–Crippen LogP) is 3.53. The minimum atomic E-state index is -1.14. The number of aliphatic carboxylic acids is 1. The number of aliphatic hydroxyl groups is 2. The number of hydrogen-bond donors (Lipinski definition) is 4. The molecule has 0 aliphatic carbocycles. The quantitative estimate of drug-likeness (QED) is 0.473. The molecule has 172 valence electrons. The number of benzene rings is 1. The Kier molecular flexibility index (Phi) is 8.19.